The lowest BCUT2D eigenvalue weighted by Crippen LogP contribution is -2.12. The normalized spacial score (nSPS) is 10.9. The van der Waals surface area contributed by atoms with E-state index in [1.165, 1.54) is 11.3 Å². The molecular weight excluding hydrogens is 414 g/mol. The smallest absolute Gasteiger partial charge is 0.255 e. The summed E-state index contributed by atoms with van der Waals surface area (Å²) in [6, 6.07) is 12.7. The molecule has 1 amide bonds. The number of rotatable bonds is 8. The van der Waals surface area contributed by atoms with E-state index in [-0.39, 0.29) is 5.91 Å². The van der Waals surface area contributed by atoms with Crippen molar-refractivity contribution in [2.75, 3.05) is 19.0 Å². The lowest BCUT2D eigenvalue weighted by atomic mass is 10.1. The van der Waals surface area contributed by atoms with Crippen LogP contribution in [0.4, 0.5) is 5.69 Å². The van der Waals surface area contributed by atoms with Crippen molar-refractivity contribution in [1.82, 2.24) is 19.8 Å². The van der Waals surface area contributed by atoms with Crippen LogP contribution in [0.5, 0.6) is 11.5 Å². The van der Waals surface area contributed by atoms with Crippen LogP contribution in [0, 0.1) is 6.92 Å². The van der Waals surface area contributed by atoms with Gasteiger partial charge in [0.25, 0.3) is 5.91 Å². The van der Waals surface area contributed by atoms with Crippen LogP contribution < -0.4 is 14.8 Å². The Bertz CT molecular complexity index is 1200. The molecule has 2 aromatic heterocycles. The fourth-order valence-corrected chi connectivity index (χ4v) is 3.88. The van der Waals surface area contributed by atoms with E-state index in [4.69, 9.17) is 9.47 Å². The summed E-state index contributed by atoms with van der Waals surface area (Å²) in [5, 5.41) is 16.4. The van der Waals surface area contributed by atoms with E-state index in [9.17, 15) is 4.79 Å². The number of aromatic nitrogens is 4. The number of methoxy groups -OCH3 is 1. The predicted molar refractivity (Wildman–Crippen MR) is 120 cm³/mol. The fraction of sp³-hybridized carbons (Fsp3) is 0.273. The number of aryl methyl sites for hydroxylation is 1. The Kier molecular flexibility index (Phi) is 6.13. The third kappa shape index (κ3) is 4.51. The molecule has 2 heterocycles. The van der Waals surface area contributed by atoms with Crippen molar-refractivity contribution >= 4 is 27.9 Å². The number of benzene rings is 2. The molecule has 0 atom stereocenters. The van der Waals surface area contributed by atoms with Gasteiger partial charge in [0, 0.05) is 11.1 Å². The molecule has 0 aliphatic rings. The van der Waals surface area contributed by atoms with Crippen molar-refractivity contribution in [3.05, 3.63) is 53.9 Å². The van der Waals surface area contributed by atoms with Crippen LogP contribution in [-0.4, -0.2) is 39.4 Å². The van der Waals surface area contributed by atoms with Crippen molar-refractivity contribution < 1.29 is 14.3 Å². The molecule has 0 spiro atoms. The number of carbonyl (C=O) groups is 1. The van der Waals surface area contributed by atoms with Crippen molar-refractivity contribution in [2.24, 2.45) is 0 Å². The first-order valence-corrected chi connectivity index (χ1v) is 10.8. The maximum atomic E-state index is 12.8. The van der Waals surface area contributed by atoms with E-state index in [0.717, 1.165) is 39.9 Å². The Morgan fingerprint density at radius 1 is 1.16 bits per heavy atom. The lowest BCUT2D eigenvalue weighted by Gasteiger charge is -2.12. The monoisotopic (exact) mass is 437 g/mol. The summed E-state index contributed by atoms with van der Waals surface area (Å²) in [6.45, 7) is 4.64. The van der Waals surface area contributed by atoms with E-state index in [1.807, 2.05) is 25.1 Å². The molecule has 1 N–H and O–H groups in total. The summed E-state index contributed by atoms with van der Waals surface area (Å²) in [7, 11) is 1.57. The molecule has 0 unspecified atom stereocenters. The van der Waals surface area contributed by atoms with Crippen LogP contribution in [0.2, 0.25) is 0 Å². The number of nitrogens with zero attached hydrogens (tertiary/aromatic N) is 4. The molecule has 0 aliphatic heterocycles. The van der Waals surface area contributed by atoms with Crippen LogP contribution >= 0.6 is 11.3 Å². The van der Waals surface area contributed by atoms with E-state index in [0.29, 0.717) is 23.6 Å². The summed E-state index contributed by atoms with van der Waals surface area (Å²) < 4.78 is 12.8. The second kappa shape index (κ2) is 9.13. The van der Waals surface area contributed by atoms with Gasteiger partial charge in [-0.3, -0.25) is 4.79 Å². The Labute approximate surface area is 183 Å². The number of unbranched alkanes of at least 4 members (excludes halogenated alkanes) is 1. The Morgan fingerprint density at radius 3 is 2.68 bits per heavy atom. The first-order chi connectivity index (χ1) is 15.1. The van der Waals surface area contributed by atoms with Gasteiger partial charge in [0.15, 0.2) is 5.82 Å². The van der Waals surface area contributed by atoms with E-state index >= 15 is 0 Å². The van der Waals surface area contributed by atoms with Gasteiger partial charge in [-0.15, -0.1) is 10.2 Å². The van der Waals surface area contributed by atoms with Gasteiger partial charge in [-0.2, -0.15) is 9.61 Å². The quantitative estimate of drug-likeness (QED) is 0.405. The fourth-order valence-electron chi connectivity index (χ4n) is 3.00. The minimum absolute atomic E-state index is 0.232. The minimum Gasteiger partial charge on any atom is -0.495 e. The Hall–Kier alpha value is -3.46. The van der Waals surface area contributed by atoms with E-state index in [1.54, 1.807) is 35.9 Å². The third-order valence-corrected chi connectivity index (χ3v) is 5.67. The number of hydrogen-bond acceptors (Lipinski definition) is 7. The first-order valence-electron chi connectivity index (χ1n) is 10.0. The SMILES string of the molecule is CCCCOc1ccc(C(=O)Nc2cc(-c3nn4c(C)nnc4s3)ccc2OC)cc1. The molecular formula is C22H23N5O3S. The highest BCUT2D eigenvalue weighted by molar-refractivity contribution is 7.19. The Balaban J connectivity index is 1.54. The molecule has 4 aromatic rings. The van der Waals surface area contributed by atoms with Gasteiger partial charge in [0.2, 0.25) is 4.96 Å². The number of nitrogens with one attached hydrogen (secondary N) is 1. The lowest BCUT2D eigenvalue weighted by molar-refractivity contribution is 0.102. The average Bonchev–Trinajstić information content (AvgIpc) is 3.36. The molecule has 0 saturated carbocycles. The molecule has 0 radical (unpaired) electrons. The Morgan fingerprint density at radius 2 is 1.97 bits per heavy atom. The zero-order valence-electron chi connectivity index (χ0n) is 17.6. The molecule has 4 rings (SSSR count). The predicted octanol–water partition coefficient (Wildman–Crippen LogP) is 4.60. The van der Waals surface area contributed by atoms with Crippen LogP contribution in [0.25, 0.3) is 15.5 Å². The molecule has 9 heteroatoms. The summed E-state index contributed by atoms with van der Waals surface area (Å²) >= 11 is 1.43. The van der Waals surface area contributed by atoms with Crippen molar-refractivity contribution in [2.45, 2.75) is 26.7 Å². The van der Waals surface area contributed by atoms with Gasteiger partial charge in [0.05, 0.1) is 19.4 Å². The number of amides is 1. The summed E-state index contributed by atoms with van der Waals surface area (Å²) in [4.78, 5) is 13.5. The largest absolute Gasteiger partial charge is 0.495 e. The maximum Gasteiger partial charge on any atom is 0.255 e. The summed E-state index contributed by atoms with van der Waals surface area (Å²) in [5.41, 5.74) is 1.95. The third-order valence-electron chi connectivity index (χ3n) is 4.72. The molecule has 0 saturated heterocycles. The highest BCUT2D eigenvalue weighted by Crippen LogP contribution is 2.33. The number of fused-ring (bicyclic) bond motifs is 1. The van der Waals surface area contributed by atoms with Gasteiger partial charge in [-0.05, 0) is 55.8 Å². The van der Waals surface area contributed by atoms with Gasteiger partial charge in [-0.1, -0.05) is 24.7 Å². The molecule has 0 aliphatic carbocycles. The van der Waals surface area contributed by atoms with Crippen LogP contribution in [0.3, 0.4) is 0 Å². The molecule has 31 heavy (non-hydrogen) atoms. The summed E-state index contributed by atoms with van der Waals surface area (Å²) in [6.07, 6.45) is 2.07. The zero-order chi connectivity index (χ0) is 21.8. The molecule has 0 fully saturated rings. The minimum atomic E-state index is -0.232. The highest BCUT2D eigenvalue weighted by Gasteiger charge is 2.15. The average molecular weight is 438 g/mol. The zero-order valence-corrected chi connectivity index (χ0v) is 18.4. The van der Waals surface area contributed by atoms with Crippen molar-refractivity contribution in [3.63, 3.8) is 0 Å². The van der Waals surface area contributed by atoms with Crippen molar-refractivity contribution in [3.8, 4) is 22.1 Å². The highest BCUT2D eigenvalue weighted by atomic mass is 32.1. The van der Waals surface area contributed by atoms with Crippen LogP contribution in [-0.2, 0) is 0 Å². The van der Waals surface area contributed by atoms with Gasteiger partial charge < -0.3 is 14.8 Å². The number of ether oxygens (including phenoxy) is 2. The molecule has 8 nitrogen and oxygen atoms in total. The van der Waals surface area contributed by atoms with Crippen molar-refractivity contribution in [1.29, 1.82) is 0 Å². The molecule has 0 bridgehead atoms. The topological polar surface area (TPSA) is 90.6 Å². The number of carbonyl (C=O) groups excluding carboxylic acids is 1. The second-order valence-corrected chi connectivity index (χ2v) is 7.90. The van der Waals surface area contributed by atoms with Gasteiger partial charge in [0.1, 0.15) is 16.5 Å². The number of hydrogen-bond donors (Lipinski definition) is 1. The van der Waals surface area contributed by atoms with Crippen LogP contribution in [0.15, 0.2) is 42.5 Å². The van der Waals surface area contributed by atoms with Gasteiger partial charge in [-0.25, -0.2) is 0 Å². The molecule has 2 aromatic carbocycles. The standard InChI is InChI=1S/C22H23N5O3S/c1-4-5-12-30-17-9-6-15(7-10-17)20(28)23-18-13-16(8-11-19(18)29-3)21-26-27-14(2)24-25-22(27)31-21/h6-11,13H,4-5,12H2,1-3H3,(H,23,28). The van der Waals surface area contributed by atoms with Crippen LogP contribution in [0.1, 0.15) is 35.9 Å². The van der Waals surface area contributed by atoms with E-state index in [2.05, 4.69) is 27.5 Å². The first kappa shape index (κ1) is 20.8. The maximum absolute atomic E-state index is 12.8. The second-order valence-electron chi connectivity index (χ2n) is 6.94. The van der Waals surface area contributed by atoms with E-state index < -0.39 is 0 Å². The van der Waals surface area contributed by atoms with Gasteiger partial charge >= 0.3 is 0 Å². The molecule has 160 valence electrons. The summed E-state index contributed by atoms with van der Waals surface area (Å²) in [5.74, 6) is 1.81. The number of anilines is 1.